The predicted molar refractivity (Wildman–Crippen MR) is 56.4 cm³/mol. The molecule has 0 radical (unpaired) electrons. The van der Waals surface area contributed by atoms with Crippen molar-refractivity contribution in [1.82, 2.24) is 4.90 Å². The third-order valence-electron chi connectivity index (χ3n) is 2.66. The van der Waals surface area contributed by atoms with Crippen LogP contribution >= 0.6 is 0 Å². The van der Waals surface area contributed by atoms with Crippen molar-refractivity contribution in [3.63, 3.8) is 0 Å². The summed E-state index contributed by atoms with van der Waals surface area (Å²) < 4.78 is 10.0. The molecule has 1 fully saturated rings. The van der Waals surface area contributed by atoms with E-state index in [0.29, 0.717) is 25.7 Å². The number of nitrogens with two attached hydrogens (primary N) is 1. The minimum absolute atomic E-state index is 0.223. The maximum Gasteiger partial charge on any atom is 0.325 e. The number of esters is 1. The molecular formula is C10H20N2O3. The van der Waals surface area contributed by atoms with E-state index < -0.39 is 0 Å². The third kappa shape index (κ3) is 3.44. The van der Waals surface area contributed by atoms with Crippen molar-refractivity contribution in [3.05, 3.63) is 0 Å². The summed E-state index contributed by atoms with van der Waals surface area (Å²) in [5.74, 6) is 0.161. The van der Waals surface area contributed by atoms with E-state index in [1.807, 2.05) is 0 Å². The number of methoxy groups -OCH3 is 1. The van der Waals surface area contributed by atoms with Crippen LogP contribution in [0.5, 0.6) is 0 Å². The molecule has 2 unspecified atom stereocenters. The van der Waals surface area contributed by atoms with E-state index >= 15 is 0 Å². The fourth-order valence-electron chi connectivity index (χ4n) is 1.68. The van der Waals surface area contributed by atoms with Crippen LogP contribution in [0, 0.1) is 5.92 Å². The zero-order valence-corrected chi connectivity index (χ0v) is 9.44. The Labute approximate surface area is 90.5 Å². The molecule has 0 aromatic heterocycles. The van der Waals surface area contributed by atoms with Crippen LogP contribution in [-0.2, 0) is 14.3 Å². The van der Waals surface area contributed by atoms with Gasteiger partial charge < -0.3 is 15.2 Å². The van der Waals surface area contributed by atoms with Crippen molar-refractivity contribution in [1.29, 1.82) is 0 Å². The van der Waals surface area contributed by atoms with Gasteiger partial charge in [0.15, 0.2) is 0 Å². The summed E-state index contributed by atoms with van der Waals surface area (Å²) in [4.78, 5) is 13.6. The first-order valence-corrected chi connectivity index (χ1v) is 5.28. The van der Waals surface area contributed by atoms with Crippen molar-refractivity contribution >= 4 is 5.97 Å². The van der Waals surface area contributed by atoms with E-state index in [1.54, 1.807) is 0 Å². The summed E-state index contributed by atoms with van der Waals surface area (Å²) in [7, 11) is 1.40. The van der Waals surface area contributed by atoms with E-state index in [1.165, 1.54) is 7.11 Å². The smallest absolute Gasteiger partial charge is 0.325 e. The second-order valence-electron chi connectivity index (χ2n) is 3.95. The normalized spacial score (nSPS) is 24.9. The van der Waals surface area contributed by atoms with Crippen molar-refractivity contribution in [2.75, 3.05) is 40.0 Å². The Kier molecular flexibility index (Phi) is 5.01. The van der Waals surface area contributed by atoms with Crippen LogP contribution in [0.15, 0.2) is 0 Å². The first-order valence-electron chi connectivity index (χ1n) is 5.28. The Bertz CT molecular complexity index is 211. The van der Waals surface area contributed by atoms with Crippen molar-refractivity contribution < 1.29 is 14.3 Å². The van der Waals surface area contributed by atoms with Gasteiger partial charge in [-0.2, -0.15) is 0 Å². The van der Waals surface area contributed by atoms with Gasteiger partial charge in [-0.3, -0.25) is 9.69 Å². The lowest BCUT2D eigenvalue weighted by molar-refractivity contribution is -0.153. The summed E-state index contributed by atoms with van der Waals surface area (Å²) >= 11 is 0. The number of carbonyl (C=O) groups excluding carboxylic acids is 1. The number of hydrogen-bond acceptors (Lipinski definition) is 5. The second-order valence-corrected chi connectivity index (χ2v) is 3.95. The predicted octanol–water partition coefficient (Wildman–Crippen LogP) is -0.545. The van der Waals surface area contributed by atoms with Gasteiger partial charge in [-0.1, -0.05) is 6.92 Å². The van der Waals surface area contributed by atoms with E-state index in [0.717, 1.165) is 13.1 Å². The lowest BCUT2D eigenvalue weighted by Gasteiger charge is -2.34. The molecule has 1 rings (SSSR count). The van der Waals surface area contributed by atoms with Crippen molar-refractivity contribution in [3.8, 4) is 0 Å². The van der Waals surface area contributed by atoms with E-state index in [-0.39, 0.29) is 12.0 Å². The summed E-state index contributed by atoms with van der Waals surface area (Å²) in [5, 5.41) is 0. The summed E-state index contributed by atoms with van der Waals surface area (Å²) in [6.45, 7) is 5.38. The topological polar surface area (TPSA) is 64.8 Å². The molecule has 0 aromatic rings. The SMILES string of the molecule is COC(=O)C1COCCN1CC(C)CN. The molecule has 0 bridgehead atoms. The molecule has 0 aliphatic carbocycles. The number of ether oxygens (including phenoxy) is 2. The van der Waals surface area contributed by atoms with Gasteiger partial charge in [0.25, 0.3) is 0 Å². The molecule has 5 nitrogen and oxygen atoms in total. The highest BCUT2D eigenvalue weighted by Gasteiger charge is 2.30. The summed E-state index contributed by atoms with van der Waals surface area (Å²) in [5.41, 5.74) is 5.57. The van der Waals surface area contributed by atoms with Crippen LogP contribution in [-0.4, -0.2) is 56.9 Å². The average molecular weight is 216 g/mol. The fraction of sp³-hybridized carbons (Fsp3) is 0.900. The molecular weight excluding hydrogens is 196 g/mol. The molecule has 1 aliphatic heterocycles. The molecule has 5 heteroatoms. The molecule has 1 saturated heterocycles. The molecule has 2 N–H and O–H groups in total. The zero-order valence-electron chi connectivity index (χ0n) is 9.44. The van der Waals surface area contributed by atoms with Crippen molar-refractivity contribution in [2.24, 2.45) is 11.7 Å². The van der Waals surface area contributed by atoms with E-state index in [2.05, 4.69) is 11.8 Å². The maximum atomic E-state index is 11.5. The molecule has 0 amide bonds. The van der Waals surface area contributed by atoms with Crippen LogP contribution in [0.3, 0.4) is 0 Å². The van der Waals surface area contributed by atoms with Crippen LogP contribution in [0.4, 0.5) is 0 Å². The monoisotopic (exact) mass is 216 g/mol. The van der Waals surface area contributed by atoms with Gasteiger partial charge >= 0.3 is 5.97 Å². The van der Waals surface area contributed by atoms with Crippen molar-refractivity contribution in [2.45, 2.75) is 13.0 Å². The number of morpholine rings is 1. The molecule has 1 aliphatic rings. The standard InChI is InChI=1S/C10H20N2O3/c1-8(5-11)6-12-3-4-15-7-9(12)10(13)14-2/h8-9H,3-7,11H2,1-2H3. The van der Waals surface area contributed by atoms with Gasteiger partial charge in [0.05, 0.1) is 20.3 Å². The van der Waals surface area contributed by atoms with Gasteiger partial charge in [-0.25, -0.2) is 0 Å². The average Bonchev–Trinajstić information content (AvgIpc) is 2.28. The summed E-state index contributed by atoms with van der Waals surface area (Å²) in [6, 6.07) is -0.266. The van der Waals surface area contributed by atoms with Crippen LogP contribution in [0.25, 0.3) is 0 Å². The van der Waals surface area contributed by atoms with Crippen LogP contribution in [0.1, 0.15) is 6.92 Å². The van der Waals surface area contributed by atoms with Gasteiger partial charge in [0.2, 0.25) is 0 Å². The number of hydrogen-bond donors (Lipinski definition) is 1. The quantitative estimate of drug-likeness (QED) is 0.639. The van der Waals surface area contributed by atoms with Gasteiger partial charge in [0, 0.05) is 13.1 Å². The minimum atomic E-state index is -0.266. The van der Waals surface area contributed by atoms with E-state index in [9.17, 15) is 4.79 Å². The zero-order chi connectivity index (χ0) is 11.3. The second kappa shape index (κ2) is 6.05. The molecule has 2 atom stereocenters. The Hall–Kier alpha value is -0.650. The lowest BCUT2D eigenvalue weighted by Crippen LogP contribution is -2.52. The highest BCUT2D eigenvalue weighted by molar-refractivity contribution is 5.75. The maximum absolute atomic E-state index is 11.5. The Morgan fingerprint density at radius 3 is 3.07 bits per heavy atom. The largest absolute Gasteiger partial charge is 0.468 e. The third-order valence-corrected chi connectivity index (χ3v) is 2.66. The number of nitrogens with zero attached hydrogens (tertiary/aromatic N) is 1. The van der Waals surface area contributed by atoms with Crippen LogP contribution < -0.4 is 5.73 Å². The molecule has 15 heavy (non-hydrogen) atoms. The Morgan fingerprint density at radius 1 is 1.73 bits per heavy atom. The van der Waals surface area contributed by atoms with Gasteiger partial charge in [-0.15, -0.1) is 0 Å². The Balaban J connectivity index is 2.53. The molecule has 1 heterocycles. The molecule has 0 saturated carbocycles. The minimum Gasteiger partial charge on any atom is -0.468 e. The lowest BCUT2D eigenvalue weighted by atomic mass is 10.1. The van der Waals surface area contributed by atoms with E-state index in [4.69, 9.17) is 15.2 Å². The highest BCUT2D eigenvalue weighted by atomic mass is 16.5. The summed E-state index contributed by atoms with van der Waals surface area (Å²) in [6.07, 6.45) is 0. The van der Waals surface area contributed by atoms with Gasteiger partial charge in [0.1, 0.15) is 6.04 Å². The highest BCUT2D eigenvalue weighted by Crippen LogP contribution is 2.10. The van der Waals surface area contributed by atoms with Crippen LogP contribution in [0.2, 0.25) is 0 Å². The first kappa shape index (κ1) is 12.4. The first-order chi connectivity index (χ1) is 7.19. The van der Waals surface area contributed by atoms with Gasteiger partial charge in [-0.05, 0) is 12.5 Å². The molecule has 0 spiro atoms. The number of carbonyl (C=O) groups is 1. The molecule has 0 aromatic carbocycles. The fourth-order valence-corrected chi connectivity index (χ4v) is 1.68. The molecule has 88 valence electrons. The Morgan fingerprint density at radius 2 is 2.47 bits per heavy atom. The number of rotatable bonds is 4.